The molecule has 4 aromatic carbocycles. The van der Waals surface area contributed by atoms with Crippen LogP contribution in [0.3, 0.4) is 0 Å². The summed E-state index contributed by atoms with van der Waals surface area (Å²) in [5, 5.41) is 0. The first-order valence-corrected chi connectivity index (χ1v) is 12.5. The predicted octanol–water partition coefficient (Wildman–Crippen LogP) is 5.80. The molecule has 7 heteroatoms. The van der Waals surface area contributed by atoms with Gasteiger partial charge >= 0.3 is 0 Å². The van der Waals surface area contributed by atoms with Gasteiger partial charge in [-0.3, -0.25) is 4.79 Å². The van der Waals surface area contributed by atoms with Crippen LogP contribution in [0.4, 0.5) is 5.69 Å². The number of anilines is 1. The van der Waals surface area contributed by atoms with E-state index in [0.717, 1.165) is 11.3 Å². The van der Waals surface area contributed by atoms with E-state index in [4.69, 9.17) is 23.7 Å². The standard InChI is InChI=1S/C32H31NO6/c1-35-23-13-11-22(12-14-23)33-30(21-9-7-6-8-10-21)32(31(33)34,26-17-15-24(36-2)19-28(26)38-4)27-18-16-25(37-3)20-29(27)39-5/h6-20,30H,1-5H3/t30-/m1/s1. The van der Waals surface area contributed by atoms with E-state index in [-0.39, 0.29) is 5.91 Å². The molecule has 5 rings (SSSR count). The van der Waals surface area contributed by atoms with Crippen LogP contribution in [0.5, 0.6) is 28.7 Å². The molecule has 0 spiro atoms. The minimum atomic E-state index is -1.18. The summed E-state index contributed by atoms with van der Waals surface area (Å²) in [6, 6.07) is 28.2. The molecule has 1 heterocycles. The molecule has 0 N–H and O–H groups in total. The molecule has 200 valence electrons. The first-order chi connectivity index (χ1) is 19.0. The largest absolute Gasteiger partial charge is 0.497 e. The molecule has 0 bridgehead atoms. The second kappa shape index (κ2) is 10.6. The second-order valence-corrected chi connectivity index (χ2v) is 9.13. The van der Waals surface area contributed by atoms with Gasteiger partial charge in [0.1, 0.15) is 34.2 Å². The summed E-state index contributed by atoms with van der Waals surface area (Å²) in [4.78, 5) is 16.6. The number of amides is 1. The molecule has 0 aliphatic carbocycles. The van der Waals surface area contributed by atoms with Gasteiger partial charge in [0.05, 0.1) is 41.6 Å². The molecular formula is C32H31NO6. The Morgan fingerprint density at radius 2 is 1.08 bits per heavy atom. The zero-order valence-electron chi connectivity index (χ0n) is 22.6. The van der Waals surface area contributed by atoms with Crippen LogP contribution in [0.1, 0.15) is 22.7 Å². The van der Waals surface area contributed by atoms with Gasteiger partial charge in [-0.15, -0.1) is 0 Å². The van der Waals surface area contributed by atoms with E-state index in [9.17, 15) is 4.79 Å². The van der Waals surface area contributed by atoms with E-state index in [1.54, 1.807) is 47.7 Å². The van der Waals surface area contributed by atoms with Crippen molar-refractivity contribution in [3.63, 3.8) is 0 Å². The lowest BCUT2D eigenvalue weighted by atomic mass is 9.59. The van der Waals surface area contributed by atoms with Gasteiger partial charge in [-0.2, -0.15) is 0 Å². The van der Waals surface area contributed by atoms with Crippen LogP contribution < -0.4 is 28.6 Å². The third-order valence-electron chi connectivity index (χ3n) is 7.36. The van der Waals surface area contributed by atoms with Crippen LogP contribution in [0.25, 0.3) is 0 Å². The van der Waals surface area contributed by atoms with Crippen molar-refractivity contribution in [3.8, 4) is 28.7 Å². The summed E-state index contributed by atoms with van der Waals surface area (Å²) >= 11 is 0. The van der Waals surface area contributed by atoms with Gasteiger partial charge < -0.3 is 28.6 Å². The van der Waals surface area contributed by atoms with Gasteiger partial charge in [-0.05, 0) is 42.0 Å². The average Bonchev–Trinajstić information content (AvgIpc) is 3.00. The summed E-state index contributed by atoms with van der Waals surface area (Å²) in [6.45, 7) is 0. The fourth-order valence-electron chi connectivity index (χ4n) is 5.51. The van der Waals surface area contributed by atoms with E-state index in [0.29, 0.717) is 39.9 Å². The molecule has 0 radical (unpaired) electrons. The third-order valence-corrected chi connectivity index (χ3v) is 7.36. The van der Waals surface area contributed by atoms with Crippen molar-refractivity contribution < 1.29 is 28.5 Å². The summed E-state index contributed by atoms with van der Waals surface area (Å²) in [7, 11) is 8.01. The Morgan fingerprint density at radius 3 is 1.54 bits per heavy atom. The average molecular weight is 526 g/mol. The van der Waals surface area contributed by atoms with E-state index in [1.807, 2.05) is 83.8 Å². The first-order valence-electron chi connectivity index (χ1n) is 12.5. The number of β-lactam (4-membered cyclic amide) rings is 1. The molecule has 1 aliphatic heterocycles. The van der Waals surface area contributed by atoms with Crippen molar-refractivity contribution in [2.24, 2.45) is 0 Å². The van der Waals surface area contributed by atoms with Crippen LogP contribution in [0, 0.1) is 0 Å². The molecule has 0 saturated carbocycles. The highest BCUT2D eigenvalue weighted by Gasteiger charge is 2.65. The molecule has 0 aromatic heterocycles. The Labute approximate surface area is 228 Å². The number of carbonyl (C=O) groups is 1. The minimum Gasteiger partial charge on any atom is -0.497 e. The molecule has 7 nitrogen and oxygen atoms in total. The molecule has 1 saturated heterocycles. The molecule has 1 amide bonds. The Morgan fingerprint density at radius 1 is 0.590 bits per heavy atom. The fourth-order valence-corrected chi connectivity index (χ4v) is 5.51. The highest BCUT2D eigenvalue weighted by Crippen LogP contribution is 2.61. The lowest BCUT2D eigenvalue weighted by Gasteiger charge is -2.57. The van der Waals surface area contributed by atoms with Crippen molar-refractivity contribution in [2.45, 2.75) is 11.5 Å². The Balaban J connectivity index is 1.84. The van der Waals surface area contributed by atoms with E-state index < -0.39 is 11.5 Å². The SMILES string of the molecule is COc1ccc(N2C(=O)C(c3ccc(OC)cc3OC)(c3ccc(OC)cc3OC)[C@H]2c2ccccc2)cc1. The number of ether oxygens (including phenoxy) is 5. The van der Waals surface area contributed by atoms with Gasteiger partial charge in [0.15, 0.2) is 0 Å². The second-order valence-electron chi connectivity index (χ2n) is 9.13. The summed E-state index contributed by atoms with van der Waals surface area (Å²) < 4.78 is 28.1. The Kier molecular flexibility index (Phi) is 7.07. The zero-order chi connectivity index (χ0) is 27.6. The van der Waals surface area contributed by atoms with Gasteiger partial charge in [-0.1, -0.05) is 42.5 Å². The van der Waals surface area contributed by atoms with Crippen molar-refractivity contribution in [1.29, 1.82) is 0 Å². The third kappa shape index (κ3) is 4.11. The molecule has 1 atom stereocenters. The number of benzene rings is 4. The van der Waals surface area contributed by atoms with Crippen LogP contribution in [-0.2, 0) is 10.2 Å². The number of methoxy groups -OCH3 is 5. The number of carbonyl (C=O) groups excluding carboxylic acids is 1. The van der Waals surface area contributed by atoms with Crippen LogP contribution in [-0.4, -0.2) is 41.5 Å². The maximum Gasteiger partial charge on any atom is 0.245 e. The number of rotatable bonds is 9. The van der Waals surface area contributed by atoms with Crippen LogP contribution >= 0.6 is 0 Å². The number of hydrogen-bond donors (Lipinski definition) is 0. The molecule has 1 aliphatic rings. The van der Waals surface area contributed by atoms with Crippen molar-refractivity contribution in [2.75, 3.05) is 40.4 Å². The van der Waals surface area contributed by atoms with Gasteiger partial charge in [-0.25, -0.2) is 0 Å². The first kappa shape index (κ1) is 26.0. The quantitative estimate of drug-likeness (QED) is 0.257. The van der Waals surface area contributed by atoms with Crippen LogP contribution in [0.2, 0.25) is 0 Å². The van der Waals surface area contributed by atoms with E-state index in [2.05, 4.69) is 0 Å². The molecular weight excluding hydrogens is 494 g/mol. The van der Waals surface area contributed by atoms with E-state index >= 15 is 0 Å². The number of nitrogens with zero attached hydrogens (tertiary/aromatic N) is 1. The molecule has 1 fully saturated rings. The van der Waals surface area contributed by atoms with Crippen molar-refractivity contribution in [1.82, 2.24) is 0 Å². The lowest BCUT2D eigenvalue weighted by Crippen LogP contribution is -2.67. The minimum absolute atomic E-state index is 0.117. The topological polar surface area (TPSA) is 66.5 Å². The normalized spacial score (nSPS) is 15.8. The Bertz CT molecular complexity index is 1410. The highest BCUT2D eigenvalue weighted by atomic mass is 16.5. The lowest BCUT2D eigenvalue weighted by molar-refractivity contribution is -0.131. The smallest absolute Gasteiger partial charge is 0.245 e. The monoisotopic (exact) mass is 525 g/mol. The summed E-state index contributed by atoms with van der Waals surface area (Å²) in [5.74, 6) is 2.92. The molecule has 4 aromatic rings. The van der Waals surface area contributed by atoms with Gasteiger partial charge in [0.25, 0.3) is 0 Å². The maximum atomic E-state index is 14.8. The van der Waals surface area contributed by atoms with Gasteiger partial charge in [0.2, 0.25) is 5.91 Å². The Hall–Kier alpha value is -4.65. The summed E-state index contributed by atoms with van der Waals surface area (Å²) in [6.07, 6.45) is 0. The number of hydrogen-bond acceptors (Lipinski definition) is 6. The van der Waals surface area contributed by atoms with Crippen LogP contribution in [0.15, 0.2) is 91.0 Å². The molecule has 39 heavy (non-hydrogen) atoms. The molecule has 0 unspecified atom stereocenters. The fraction of sp³-hybridized carbons (Fsp3) is 0.219. The summed E-state index contributed by atoms with van der Waals surface area (Å²) in [5.41, 5.74) is 1.95. The van der Waals surface area contributed by atoms with E-state index in [1.165, 1.54) is 0 Å². The predicted molar refractivity (Wildman–Crippen MR) is 150 cm³/mol. The highest BCUT2D eigenvalue weighted by molar-refractivity contribution is 6.13. The zero-order valence-corrected chi connectivity index (χ0v) is 22.6. The van der Waals surface area contributed by atoms with Crippen molar-refractivity contribution in [3.05, 3.63) is 108 Å². The van der Waals surface area contributed by atoms with Crippen molar-refractivity contribution >= 4 is 11.6 Å². The van der Waals surface area contributed by atoms with Gasteiger partial charge in [0, 0.05) is 28.9 Å². The maximum absolute atomic E-state index is 14.8.